The second kappa shape index (κ2) is 7.41. The van der Waals surface area contributed by atoms with Crippen molar-refractivity contribution in [3.05, 3.63) is 64.2 Å². The number of non-ortho nitro benzene ring substituents is 1. The van der Waals surface area contributed by atoms with Crippen LogP contribution in [-0.2, 0) is 9.84 Å². The van der Waals surface area contributed by atoms with Gasteiger partial charge >= 0.3 is 0 Å². The van der Waals surface area contributed by atoms with Gasteiger partial charge in [0.05, 0.1) is 21.6 Å². The van der Waals surface area contributed by atoms with Crippen LogP contribution in [0.1, 0.15) is 5.56 Å². The van der Waals surface area contributed by atoms with Crippen molar-refractivity contribution in [2.45, 2.75) is 17.9 Å². The Balaban J connectivity index is 1.98. The Morgan fingerprint density at radius 1 is 1.21 bits per heavy atom. The van der Waals surface area contributed by atoms with Gasteiger partial charge in [0.25, 0.3) is 5.69 Å². The molecule has 0 fully saturated rings. The number of nitro benzene ring substituents is 1. The standard InChI is InChI=1S/C16H17NO6S/c1-12-5-7-16(8-6-12)24(21,22)11-14(18)10-23-15-4-2-3-13(9-15)17(19)20/h2-9,14,18H,10-11H2,1H3. The van der Waals surface area contributed by atoms with Gasteiger partial charge < -0.3 is 9.84 Å². The largest absolute Gasteiger partial charge is 0.491 e. The summed E-state index contributed by atoms with van der Waals surface area (Å²) in [7, 11) is -3.64. The molecule has 1 atom stereocenters. The van der Waals surface area contributed by atoms with Gasteiger partial charge in [0.15, 0.2) is 9.84 Å². The third-order valence-corrected chi connectivity index (χ3v) is 5.08. The van der Waals surface area contributed by atoms with E-state index in [2.05, 4.69) is 0 Å². The number of aryl methyl sites for hydroxylation is 1. The molecular formula is C16H17NO6S. The van der Waals surface area contributed by atoms with E-state index in [-0.39, 0.29) is 22.9 Å². The second-order valence-electron chi connectivity index (χ2n) is 5.31. The van der Waals surface area contributed by atoms with Gasteiger partial charge in [-0.2, -0.15) is 0 Å². The summed E-state index contributed by atoms with van der Waals surface area (Å²) in [5.74, 6) is -0.304. The highest BCUT2D eigenvalue weighted by Gasteiger charge is 2.20. The van der Waals surface area contributed by atoms with Crippen LogP contribution in [0, 0.1) is 17.0 Å². The van der Waals surface area contributed by atoms with E-state index in [0.29, 0.717) is 0 Å². The molecule has 1 unspecified atom stereocenters. The van der Waals surface area contributed by atoms with Crippen molar-refractivity contribution in [3.63, 3.8) is 0 Å². The van der Waals surface area contributed by atoms with E-state index in [1.165, 1.54) is 36.4 Å². The zero-order valence-corrected chi connectivity index (χ0v) is 13.8. The predicted molar refractivity (Wildman–Crippen MR) is 87.8 cm³/mol. The first kappa shape index (κ1) is 17.9. The van der Waals surface area contributed by atoms with Crippen LogP contribution >= 0.6 is 0 Å². The summed E-state index contributed by atoms with van der Waals surface area (Å²) in [5, 5.41) is 20.6. The number of nitro groups is 1. The van der Waals surface area contributed by atoms with E-state index >= 15 is 0 Å². The smallest absolute Gasteiger partial charge is 0.273 e. The predicted octanol–water partition coefficient (Wildman–Crippen LogP) is 2.12. The molecule has 0 amide bonds. The number of benzene rings is 2. The number of rotatable bonds is 7. The number of aliphatic hydroxyl groups is 1. The van der Waals surface area contributed by atoms with Crippen molar-refractivity contribution in [1.29, 1.82) is 0 Å². The molecule has 2 aromatic carbocycles. The van der Waals surface area contributed by atoms with Crippen LogP contribution in [0.5, 0.6) is 5.75 Å². The van der Waals surface area contributed by atoms with E-state index in [1.807, 2.05) is 6.92 Å². The Hall–Kier alpha value is -2.45. The quantitative estimate of drug-likeness (QED) is 0.605. The van der Waals surface area contributed by atoms with Crippen LogP contribution in [0.25, 0.3) is 0 Å². The van der Waals surface area contributed by atoms with Crippen LogP contribution in [0.4, 0.5) is 5.69 Å². The van der Waals surface area contributed by atoms with Crippen LogP contribution in [0.2, 0.25) is 0 Å². The monoisotopic (exact) mass is 351 g/mol. The Bertz CT molecular complexity index is 817. The van der Waals surface area contributed by atoms with Crippen molar-refractivity contribution < 1.29 is 23.2 Å². The SMILES string of the molecule is Cc1ccc(S(=O)(=O)CC(O)COc2cccc([N+](=O)[O-])c2)cc1. The molecule has 128 valence electrons. The summed E-state index contributed by atoms with van der Waals surface area (Å²) in [6.45, 7) is 1.56. The molecule has 24 heavy (non-hydrogen) atoms. The van der Waals surface area contributed by atoms with Crippen molar-refractivity contribution in [3.8, 4) is 5.75 Å². The van der Waals surface area contributed by atoms with Crippen molar-refractivity contribution in [2.24, 2.45) is 0 Å². The van der Waals surface area contributed by atoms with E-state index in [1.54, 1.807) is 12.1 Å². The highest BCUT2D eigenvalue weighted by atomic mass is 32.2. The Labute approximate surface area is 139 Å². The Morgan fingerprint density at radius 3 is 2.50 bits per heavy atom. The van der Waals surface area contributed by atoms with Crippen LogP contribution < -0.4 is 4.74 Å². The van der Waals surface area contributed by atoms with Gasteiger partial charge in [-0.3, -0.25) is 10.1 Å². The number of nitrogens with zero attached hydrogens (tertiary/aromatic N) is 1. The van der Waals surface area contributed by atoms with Gasteiger partial charge in [-0.1, -0.05) is 23.8 Å². The van der Waals surface area contributed by atoms with E-state index < -0.39 is 26.6 Å². The van der Waals surface area contributed by atoms with Crippen LogP contribution in [0.15, 0.2) is 53.4 Å². The highest BCUT2D eigenvalue weighted by Crippen LogP contribution is 2.19. The average molecular weight is 351 g/mol. The molecule has 0 saturated heterocycles. The van der Waals surface area contributed by atoms with Gasteiger partial charge in [-0.05, 0) is 25.1 Å². The molecular weight excluding hydrogens is 334 g/mol. The molecule has 0 heterocycles. The number of hydrogen-bond donors (Lipinski definition) is 1. The third-order valence-electron chi connectivity index (χ3n) is 3.26. The van der Waals surface area contributed by atoms with E-state index in [9.17, 15) is 23.6 Å². The summed E-state index contributed by atoms with van der Waals surface area (Å²) >= 11 is 0. The fourth-order valence-corrected chi connectivity index (χ4v) is 3.37. The summed E-state index contributed by atoms with van der Waals surface area (Å²) in [4.78, 5) is 10.2. The molecule has 7 nitrogen and oxygen atoms in total. The molecule has 2 rings (SSSR count). The molecule has 1 N–H and O–H groups in total. The molecule has 0 bridgehead atoms. The normalized spacial score (nSPS) is 12.6. The molecule has 0 aliphatic heterocycles. The first-order valence-electron chi connectivity index (χ1n) is 7.13. The first-order valence-corrected chi connectivity index (χ1v) is 8.78. The van der Waals surface area contributed by atoms with Crippen LogP contribution in [-0.4, -0.2) is 36.9 Å². The summed E-state index contributed by atoms with van der Waals surface area (Å²) in [5.41, 5.74) is 0.790. The van der Waals surface area contributed by atoms with E-state index in [4.69, 9.17) is 4.74 Å². The molecule has 8 heteroatoms. The molecule has 0 saturated carbocycles. The zero-order chi connectivity index (χ0) is 17.7. The lowest BCUT2D eigenvalue weighted by molar-refractivity contribution is -0.384. The molecule has 0 aromatic heterocycles. The lowest BCUT2D eigenvalue weighted by Crippen LogP contribution is -2.27. The highest BCUT2D eigenvalue weighted by molar-refractivity contribution is 7.91. The Kier molecular flexibility index (Phi) is 5.53. The van der Waals surface area contributed by atoms with E-state index in [0.717, 1.165) is 5.56 Å². The number of sulfone groups is 1. The van der Waals surface area contributed by atoms with Gasteiger partial charge in [0.2, 0.25) is 0 Å². The summed E-state index contributed by atoms with van der Waals surface area (Å²) in [6.07, 6.45) is -1.25. The minimum absolute atomic E-state index is 0.127. The zero-order valence-electron chi connectivity index (χ0n) is 13.0. The summed E-state index contributed by atoms with van der Waals surface area (Å²) in [6, 6.07) is 11.8. The average Bonchev–Trinajstić information content (AvgIpc) is 2.53. The fourth-order valence-electron chi connectivity index (χ4n) is 2.02. The van der Waals surface area contributed by atoms with Gasteiger partial charge in [0, 0.05) is 6.07 Å². The molecule has 2 aromatic rings. The van der Waals surface area contributed by atoms with Gasteiger partial charge in [0.1, 0.15) is 18.5 Å². The van der Waals surface area contributed by atoms with Gasteiger partial charge in [-0.25, -0.2) is 8.42 Å². The maximum Gasteiger partial charge on any atom is 0.273 e. The van der Waals surface area contributed by atoms with Crippen LogP contribution in [0.3, 0.4) is 0 Å². The maximum absolute atomic E-state index is 12.2. The number of ether oxygens (including phenoxy) is 1. The molecule has 0 aliphatic carbocycles. The molecule has 0 aliphatic rings. The Morgan fingerprint density at radius 2 is 1.88 bits per heavy atom. The maximum atomic E-state index is 12.2. The topological polar surface area (TPSA) is 107 Å². The molecule has 0 radical (unpaired) electrons. The lowest BCUT2D eigenvalue weighted by atomic mass is 10.2. The summed E-state index contributed by atoms with van der Waals surface area (Å²) < 4.78 is 29.6. The minimum Gasteiger partial charge on any atom is -0.491 e. The third kappa shape index (κ3) is 4.77. The second-order valence-corrected chi connectivity index (χ2v) is 7.35. The first-order chi connectivity index (χ1) is 11.3. The van der Waals surface area contributed by atoms with Crippen molar-refractivity contribution >= 4 is 15.5 Å². The lowest BCUT2D eigenvalue weighted by Gasteiger charge is -2.13. The minimum atomic E-state index is -3.64. The van der Waals surface area contributed by atoms with Gasteiger partial charge in [-0.15, -0.1) is 0 Å². The van der Waals surface area contributed by atoms with Crippen molar-refractivity contribution in [1.82, 2.24) is 0 Å². The van der Waals surface area contributed by atoms with Crippen molar-refractivity contribution in [2.75, 3.05) is 12.4 Å². The molecule has 0 spiro atoms. The number of hydrogen-bond acceptors (Lipinski definition) is 6. The number of aliphatic hydroxyl groups excluding tert-OH is 1. The fraction of sp³-hybridized carbons (Fsp3) is 0.250.